The molecule has 0 saturated carbocycles. The number of nitrogens with zero attached hydrogens (tertiary/aromatic N) is 1. The van der Waals surface area contributed by atoms with Gasteiger partial charge in [-0.2, -0.15) is 0 Å². The molecule has 30 heavy (non-hydrogen) atoms. The van der Waals surface area contributed by atoms with Crippen molar-refractivity contribution in [1.82, 2.24) is 9.71 Å². The molecule has 9 heteroatoms. The molecule has 160 valence electrons. The molecular formula is C21H26N4O4S. The molecule has 8 nitrogen and oxygen atoms in total. The smallest absolute Gasteiger partial charge is 0.272 e. The van der Waals surface area contributed by atoms with Gasteiger partial charge in [0.05, 0.1) is 4.90 Å². The highest BCUT2D eigenvalue weighted by atomic mass is 32.2. The van der Waals surface area contributed by atoms with E-state index < -0.39 is 15.9 Å². The number of sulfonamides is 1. The predicted molar refractivity (Wildman–Crippen MR) is 116 cm³/mol. The Labute approximate surface area is 176 Å². The monoisotopic (exact) mass is 430 g/mol. The zero-order valence-corrected chi connectivity index (χ0v) is 18.1. The number of aryl methyl sites for hydroxylation is 1. The normalized spacial score (nSPS) is 14.6. The van der Waals surface area contributed by atoms with Gasteiger partial charge in [0.15, 0.2) is 5.78 Å². The first kappa shape index (κ1) is 21.8. The number of Topliss-reactive ketones (excluding diaryl/α,β-unsaturated/α-hetero) is 1. The summed E-state index contributed by atoms with van der Waals surface area (Å²) >= 11 is 0. The minimum absolute atomic E-state index is 0.0956. The summed E-state index contributed by atoms with van der Waals surface area (Å²) in [4.78, 5) is 31.7. The molecule has 1 aromatic heterocycles. The number of aromatic nitrogens is 1. The molecule has 0 radical (unpaired) electrons. The van der Waals surface area contributed by atoms with Crippen molar-refractivity contribution < 1.29 is 18.0 Å². The Balaban J connectivity index is 1.73. The number of aromatic amines is 1. The van der Waals surface area contributed by atoms with Crippen LogP contribution in [0.3, 0.4) is 0 Å². The van der Waals surface area contributed by atoms with Crippen molar-refractivity contribution in [3.8, 4) is 0 Å². The Bertz CT molecular complexity index is 1100. The van der Waals surface area contributed by atoms with E-state index >= 15 is 0 Å². The number of benzene rings is 1. The van der Waals surface area contributed by atoms with Crippen LogP contribution in [-0.2, 0) is 10.0 Å². The van der Waals surface area contributed by atoms with Crippen molar-refractivity contribution in [2.45, 2.75) is 51.3 Å². The number of carbonyl (C=O) groups is 2. The summed E-state index contributed by atoms with van der Waals surface area (Å²) in [6.45, 7) is 5.54. The van der Waals surface area contributed by atoms with Crippen molar-refractivity contribution in [1.29, 1.82) is 0 Å². The molecule has 0 atom stereocenters. The first-order valence-electron chi connectivity index (χ1n) is 9.86. The average Bonchev–Trinajstić information content (AvgIpc) is 2.83. The van der Waals surface area contributed by atoms with Crippen LogP contribution in [0.4, 0.5) is 5.69 Å². The van der Waals surface area contributed by atoms with Gasteiger partial charge in [-0.1, -0.05) is 6.42 Å². The van der Waals surface area contributed by atoms with E-state index in [9.17, 15) is 18.0 Å². The molecule has 1 aliphatic rings. The summed E-state index contributed by atoms with van der Waals surface area (Å²) in [6, 6.07) is 5.92. The molecule has 2 heterocycles. The molecule has 2 aromatic rings. The van der Waals surface area contributed by atoms with Crippen molar-refractivity contribution in [2.75, 3.05) is 11.9 Å². The van der Waals surface area contributed by atoms with Crippen LogP contribution in [0.1, 0.15) is 64.7 Å². The lowest BCUT2D eigenvalue weighted by Crippen LogP contribution is -2.30. The molecule has 1 aliphatic heterocycles. The van der Waals surface area contributed by atoms with Gasteiger partial charge in [-0.15, -0.1) is 0 Å². The quantitative estimate of drug-likeness (QED) is 0.630. The van der Waals surface area contributed by atoms with E-state index in [-0.39, 0.29) is 10.7 Å². The molecule has 0 spiro atoms. The minimum Gasteiger partial charge on any atom is -0.354 e. The lowest BCUT2D eigenvalue weighted by molar-refractivity contribution is 0.101. The maximum Gasteiger partial charge on any atom is 0.272 e. The van der Waals surface area contributed by atoms with Crippen LogP contribution in [0.5, 0.6) is 0 Å². The van der Waals surface area contributed by atoms with Gasteiger partial charge in [0.1, 0.15) is 11.5 Å². The molecule has 1 amide bonds. The number of amides is 1. The highest BCUT2D eigenvalue weighted by molar-refractivity contribution is 7.90. The number of amidine groups is 1. The van der Waals surface area contributed by atoms with Gasteiger partial charge < -0.3 is 10.3 Å². The van der Waals surface area contributed by atoms with Gasteiger partial charge in [-0.25, -0.2) is 8.42 Å². The topological polar surface area (TPSA) is 120 Å². The maximum absolute atomic E-state index is 12.6. The van der Waals surface area contributed by atoms with Gasteiger partial charge in [-0.3, -0.25) is 19.3 Å². The maximum atomic E-state index is 12.6. The van der Waals surface area contributed by atoms with E-state index in [0.717, 1.165) is 19.3 Å². The van der Waals surface area contributed by atoms with Gasteiger partial charge in [0.25, 0.3) is 15.9 Å². The number of hydrogen-bond donors (Lipinski definition) is 3. The third kappa shape index (κ3) is 4.79. The van der Waals surface area contributed by atoms with Crippen LogP contribution in [-0.4, -0.2) is 37.5 Å². The summed E-state index contributed by atoms with van der Waals surface area (Å²) in [6.07, 6.45) is 3.53. The number of carbonyl (C=O) groups excluding carboxylic acids is 2. The Hall–Kier alpha value is -2.94. The SMILES string of the molecule is CC(=O)c1c(C)[nH]c(C(=O)Nc2ccc(S(=O)(=O)NC3=NCCCCC3)cc2)c1C. The Kier molecular flexibility index (Phi) is 6.40. The fourth-order valence-corrected chi connectivity index (χ4v) is 4.68. The largest absolute Gasteiger partial charge is 0.354 e. The third-order valence-corrected chi connectivity index (χ3v) is 6.46. The number of rotatable bonds is 5. The fraction of sp³-hybridized carbons (Fsp3) is 0.381. The summed E-state index contributed by atoms with van der Waals surface area (Å²) < 4.78 is 27.8. The summed E-state index contributed by atoms with van der Waals surface area (Å²) in [5.41, 5.74) is 2.49. The van der Waals surface area contributed by atoms with Crippen molar-refractivity contribution in [2.24, 2.45) is 4.99 Å². The highest BCUT2D eigenvalue weighted by Crippen LogP contribution is 2.21. The molecule has 0 bridgehead atoms. The van der Waals surface area contributed by atoms with Gasteiger partial charge in [-0.05, 0) is 63.4 Å². The van der Waals surface area contributed by atoms with Crippen molar-refractivity contribution >= 4 is 33.2 Å². The summed E-state index contributed by atoms with van der Waals surface area (Å²) in [7, 11) is -3.73. The van der Waals surface area contributed by atoms with E-state index in [1.165, 1.54) is 31.2 Å². The average molecular weight is 431 g/mol. The van der Waals surface area contributed by atoms with Crippen LogP contribution >= 0.6 is 0 Å². The first-order valence-corrected chi connectivity index (χ1v) is 11.3. The first-order chi connectivity index (χ1) is 14.2. The number of hydrogen-bond acceptors (Lipinski definition) is 5. The number of ketones is 1. The van der Waals surface area contributed by atoms with Crippen LogP contribution in [0.15, 0.2) is 34.2 Å². The summed E-state index contributed by atoms with van der Waals surface area (Å²) in [5, 5.41) is 2.73. The molecule has 0 saturated heterocycles. The number of anilines is 1. The highest BCUT2D eigenvalue weighted by Gasteiger charge is 2.21. The van der Waals surface area contributed by atoms with E-state index in [2.05, 4.69) is 20.0 Å². The molecule has 0 fully saturated rings. The van der Waals surface area contributed by atoms with E-state index in [1.807, 2.05) is 0 Å². The zero-order valence-electron chi connectivity index (χ0n) is 17.3. The Morgan fingerprint density at radius 3 is 2.40 bits per heavy atom. The van der Waals surface area contributed by atoms with E-state index in [0.29, 0.717) is 47.0 Å². The standard InChI is InChI=1S/C21H26N4O4S/c1-13-19(15(3)26)14(2)23-20(13)21(27)24-16-8-10-17(11-9-16)30(28,29)25-18-7-5-4-6-12-22-18/h8-11,23H,4-7,12H2,1-3H3,(H,22,25)(H,24,27). The van der Waals surface area contributed by atoms with Gasteiger partial charge in [0.2, 0.25) is 0 Å². The molecule has 3 rings (SSSR count). The van der Waals surface area contributed by atoms with Gasteiger partial charge >= 0.3 is 0 Å². The van der Waals surface area contributed by atoms with Crippen LogP contribution in [0.2, 0.25) is 0 Å². The van der Waals surface area contributed by atoms with Crippen molar-refractivity contribution in [3.63, 3.8) is 0 Å². The lowest BCUT2D eigenvalue weighted by Gasteiger charge is -2.10. The third-order valence-electron chi connectivity index (χ3n) is 5.07. The molecular weight excluding hydrogens is 404 g/mol. The van der Waals surface area contributed by atoms with Crippen LogP contribution < -0.4 is 10.0 Å². The second-order valence-corrected chi connectivity index (χ2v) is 9.09. The Morgan fingerprint density at radius 2 is 1.77 bits per heavy atom. The second kappa shape index (κ2) is 8.83. The van der Waals surface area contributed by atoms with Crippen LogP contribution in [0, 0.1) is 13.8 Å². The molecule has 3 N–H and O–H groups in total. The molecule has 0 aliphatic carbocycles. The number of H-pyrrole nitrogens is 1. The number of aliphatic imine (C=N–C) groups is 1. The minimum atomic E-state index is -3.73. The summed E-state index contributed by atoms with van der Waals surface area (Å²) in [5.74, 6) is -0.0194. The second-order valence-electron chi connectivity index (χ2n) is 7.40. The van der Waals surface area contributed by atoms with Gasteiger partial charge in [0, 0.05) is 29.9 Å². The fourth-order valence-electron chi connectivity index (χ4n) is 3.59. The molecule has 0 unspecified atom stereocenters. The Morgan fingerprint density at radius 1 is 1.07 bits per heavy atom. The van der Waals surface area contributed by atoms with E-state index in [1.54, 1.807) is 13.8 Å². The zero-order chi connectivity index (χ0) is 21.9. The number of nitrogens with one attached hydrogen (secondary N) is 3. The predicted octanol–water partition coefficient (Wildman–Crippen LogP) is 3.34. The van der Waals surface area contributed by atoms with Crippen molar-refractivity contribution in [3.05, 3.63) is 46.8 Å². The lowest BCUT2D eigenvalue weighted by atomic mass is 10.1. The molecule has 1 aromatic carbocycles. The van der Waals surface area contributed by atoms with Crippen LogP contribution in [0.25, 0.3) is 0 Å². The van der Waals surface area contributed by atoms with E-state index in [4.69, 9.17) is 0 Å².